The summed E-state index contributed by atoms with van der Waals surface area (Å²) < 4.78 is 10.9. The number of urea groups is 1. The molecular formula is C14H13ClN4O4S. The molecule has 0 atom stereocenters. The smallest absolute Gasteiger partial charge is 0.324 e. The van der Waals surface area contributed by atoms with Gasteiger partial charge in [-0.1, -0.05) is 23.4 Å². The Hall–Kier alpha value is -2.26. The molecule has 10 heteroatoms. The van der Waals surface area contributed by atoms with E-state index in [1.165, 1.54) is 0 Å². The molecule has 0 spiro atoms. The van der Waals surface area contributed by atoms with Gasteiger partial charge in [0.2, 0.25) is 5.91 Å². The van der Waals surface area contributed by atoms with E-state index in [0.29, 0.717) is 29.8 Å². The molecule has 0 aliphatic carbocycles. The molecule has 2 aromatic rings. The highest BCUT2D eigenvalue weighted by Crippen LogP contribution is 2.19. The molecule has 1 aliphatic heterocycles. The lowest BCUT2D eigenvalue weighted by molar-refractivity contribution is -0.124. The second-order valence-corrected chi connectivity index (χ2v) is 6.13. The predicted octanol–water partition coefficient (Wildman–Crippen LogP) is 1.95. The van der Waals surface area contributed by atoms with Crippen LogP contribution >= 0.6 is 23.4 Å². The fourth-order valence-corrected chi connectivity index (χ4v) is 2.72. The van der Waals surface area contributed by atoms with E-state index in [4.69, 9.17) is 20.8 Å². The molecule has 0 unspecified atom stereocenters. The number of carbonyl (C=O) groups excluding carboxylic acids is 2. The Labute approximate surface area is 146 Å². The summed E-state index contributed by atoms with van der Waals surface area (Å²) in [6, 6.07) is 6.52. The summed E-state index contributed by atoms with van der Waals surface area (Å²) in [5.41, 5.74) is 0. The molecule has 2 heterocycles. The van der Waals surface area contributed by atoms with Gasteiger partial charge in [0, 0.05) is 18.1 Å². The molecule has 126 valence electrons. The van der Waals surface area contributed by atoms with Crippen LogP contribution in [0.15, 0.2) is 33.9 Å². The van der Waals surface area contributed by atoms with Crippen LogP contribution < -0.4 is 10.1 Å². The Morgan fingerprint density at radius 1 is 1.38 bits per heavy atom. The lowest BCUT2D eigenvalue weighted by Crippen LogP contribution is -2.35. The Balaban J connectivity index is 1.47. The fourth-order valence-electron chi connectivity index (χ4n) is 1.94. The highest BCUT2D eigenvalue weighted by atomic mass is 35.5. The standard InChI is InChI=1S/C14H13ClN4O4S/c15-9-1-3-10(4-2-9)22-7-11-17-18-14(23-11)24-8-12(20)19-6-5-16-13(19)21/h1-4H,5-8H2,(H,16,21). The van der Waals surface area contributed by atoms with Crippen LogP contribution in [0, 0.1) is 0 Å². The highest BCUT2D eigenvalue weighted by Gasteiger charge is 2.26. The maximum absolute atomic E-state index is 11.9. The zero-order valence-corrected chi connectivity index (χ0v) is 14.0. The molecule has 1 aromatic carbocycles. The van der Waals surface area contributed by atoms with Crippen molar-refractivity contribution in [3.8, 4) is 5.75 Å². The van der Waals surface area contributed by atoms with E-state index in [2.05, 4.69) is 15.5 Å². The number of hydrogen-bond acceptors (Lipinski definition) is 7. The van der Waals surface area contributed by atoms with Crippen LogP contribution in [0.2, 0.25) is 5.02 Å². The zero-order valence-electron chi connectivity index (χ0n) is 12.4. The van der Waals surface area contributed by atoms with E-state index in [1.54, 1.807) is 24.3 Å². The molecule has 1 aromatic heterocycles. The lowest BCUT2D eigenvalue weighted by atomic mass is 10.3. The van der Waals surface area contributed by atoms with Gasteiger partial charge in [-0.15, -0.1) is 10.2 Å². The van der Waals surface area contributed by atoms with E-state index in [9.17, 15) is 9.59 Å². The van der Waals surface area contributed by atoms with Crippen molar-refractivity contribution in [2.24, 2.45) is 0 Å². The maximum atomic E-state index is 11.9. The molecular weight excluding hydrogens is 356 g/mol. The van der Waals surface area contributed by atoms with Gasteiger partial charge in [0.25, 0.3) is 11.1 Å². The SMILES string of the molecule is O=C(CSc1nnc(COc2ccc(Cl)cc2)o1)N1CCNC1=O. The van der Waals surface area contributed by atoms with Gasteiger partial charge in [-0.2, -0.15) is 0 Å². The van der Waals surface area contributed by atoms with Gasteiger partial charge in [-0.05, 0) is 24.3 Å². The first-order chi connectivity index (χ1) is 11.6. The predicted molar refractivity (Wildman–Crippen MR) is 85.9 cm³/mol. The lowest BCUT2D eigenvalue weighted by Gasteiger charge is -2.10. The van der Waals surface area contributed by atoms with E-state index in [1.807, 2.05) is 0 Å². The Kier molecular flexibility index (Phi) is 5.21. The number of hydrogen-bond donors (Lipinski definition) is 1. The van der Waals surface area contributed by atoms with E-state index in [-0.39, 0.29) is 29.5 Å². The third-order valence-corrected chi connectivity index (χ3v) is 4.16. The minimum absolute atomic E-state index is 0.0487. The number of benzene rings is 1. The topological polar surface area (TPSA) is 97.6 Å². The number of thioether (sulfide) groups is 1. The fraction of sp³-hybridized carbons (Fsp3) is 0.286. The maximum Gasteiger partial charge on any atom is 0.324 e. The van der Waals surface area contributed by atoms with Gasteiger partial charge in [0.15, 0.2) is 6.61 Å². The minimum Gasteiger partial charge on any atom is -0.484 e. The van der Waals surface area contributed by atoms with Crippen LogP contribution in [-0.2, 0) is 11.4 Å². The number of rotatable bonds is 6. The number of amides is 3. The van der Waals surface area contributed by atoms with Crippen LogP contribution in [0.25, 0.3) is 0 Å². The van der Waals surface area contributed by atoms with Crippen LogP contribution in [0.5, 0.6) is 5.75 Å². The van der Waals surface area contributed by atoms with Crippen molar-refractivity contribution in [2.75, 3.05) is 18.8 Å². The molecule has 8 nitrogen and oxygen atoms in total. The van der Waals surface area contributed by atoms with Gasteiger partial charge in [-0.3, -0.25) is 9.69 Å². The second kappa shape index (κ2) is 7.54. The number of carbonyl (C=O) groups is 2. The summed E-state index contributed by atoms with van der Waals surface area (Å²) in [7, 11) is 0. The van der Waals surface area contributed by atoms with Gasteiger partial charge in [0.05, 0.1) is 5.75 Å². The third-order valence-electron chi connectivity index (χ3n) is 3.10. The number of ether oxygens (including phenoxy) is 1. The van der Waals surface area contributed by atoms with Gasteiger partial charge < -0.3 is 14.5 Å². The highest BCUT2D eigenvalue weighted by molar-refractivity contribution is 7.99. The van der Waals surface area contributed by atoms with Crippen LogP contribution in [-0.4, -0.2) is 45.9 Å². The first-order valence-electron chi connectivity index (χ1n) is 7.03. The Morgan fingerprint density at radius 3 is 2.88 bits per heavy atom. The molecule has 0 bridgehead atoms. The van der Waals surface area contributed by atoms with Crippen molar-refractivity contribution in [2.45, 2.75) is 11.8 Å². The van der Waals surface area contributed by atoms with Crippen molar-refractivity contribution < 1.29 is 18.7 Å². The molecule has 1 fully saturated rings. The summed E-state index contributed by atoms with van der Waals surface area (Å²) in [5, 5.41) is 11.1. The van der Waals surface area contributed by atoms with Gasteiger partial charge in [-0.25, -0.2) is 4.79 Å². The molecule has 1 N–H and O–H groups in total. The number of nitrogens with one attached hydrogen (secondary N) is 1. The molecule has 24 heavy (non-hydrogen) atoms. The van der Waals surface area contributed by atoms with E-state index < -0.39 is 0 Å². The molecule has 1 saturated heterocycles. The van der Waals surface area contributed by atoms with Crippen molar-refractivity contribution in [1.29, 1.82) is 0 Å². The van der Waals surface area contributed by atoms with E-state index >= 15 is 0 Å². The van der Waals surface area contributed by atoms with Crippen LogP contribution in [0.1, 0.15) is 5.89 Å². The largest absolute Gasteiger partial charge is 0.484 e. The average molecular weight is 369 g/mol. The second-order valence-electron chi connectivity index (χ2n) is 4.77. The van der Waals surface area contributed by atoms with E-state index in [0.717, 1.165) is 16.7 Å². The van der Waals surface area contributed by atoms with Crippen LogP contribution in [0.4, 0.5) is 4.79 Å². The Bertz CT molecular complexity index is 737. The Morgan fingerprint density at radius 2 is 2.17 bits per heavy atom. The normalized spacial score (nSPS) is 13.9. The van der Waals surface area contributed by atoms with Crippen molar-refractivity contribution in [3.05, 3.63) is 35.2 Å². The first kappa shape index (κ1) is 16.6. The molecule has 0 saturated carbocycles. The van der Waals surface area contributed by atoms with Crippen molar-refractivity contribution in [1.82, 2.24) is 20.4 Å². The number of aromatic nitrogens is 2. The van der Waals surface area contributed by atoms with Crippen LogP contribution in [0.3, 0.4) is 0 Å². The monoisotopic (exact) mass is 368 g/mol. The zero-order chi connectivity index (χ0) is 16.9. The summed E-state index contributed by atoms with van der Waals surface area (Å²) in [6.07, 6.45) is 0. The van der Waals surface area contributed by atoms with Gasteiger partial charge >= 0.3 is 6.03 Å². The molecule has 3 rings (SSSR count). The first-order valence-corrected chi connectivity index (χ1v) is 8.40. The molecule has 3 amide bonds. The summed E-state index contributed by atoms with van der Waals surface area (Å²) >= 11 is 6.87. The quantitative estimate of drug-likeness (QED) is 0.778. The van der Waals surface area contributed by atoms with Crippen molar-refractivity contribution in [3.63, 3.8) is 0 Å². The summed E-state index contributed by atoms with van der Waals surface area (Å²) in [4.78, 5) is 24.4. The van der Waals surface area contributed by atoms with Crippen molar-refractivity contribution >= 4 is 35.3 Å². The third kappa shape index (κ3) is 4.18. The van der Waals surface area contributed by atoms with Gasteiger partial charge in [0.1, 0.15) is 5.75 Å². The average Bonchev–Trinajstić information content (AvgIpc) is 3.21. The molecule has 1 aliphatic rings. The summed E-state index contributed by atoms with van der Waals surface area (Å²) in [6.45, 7) is 0.960. The molecule has 0 radical (unpaired) electrons. The number of imide groups is 1. The summed E-state index contributed by atoms with van der Waals surface area (Å²) in [5.74, 6) is 0.667. The number of nitrogens with zero attached hydrogens (tertiary/aromatic N) is 3. The number of halogens is 1. The minimum atomic E-state index is -0.372.